The maximum atomic E-state index is 5.46. The van der Waals surface area contributed by atoms with Crippen LogP contribution in [-0.2, 0) is 6.54 Å². The molecule has 0 spiro atoms. The van der Waals surface area contributed by atoms with Crippen molar-refractivity contribution in [2.24, 2.45) is 5.73 Å². The van der Waals surface area contributed by atoms with Gasteiger partial charge in [0, 0.05) is 24.3 Å². The summed E-state index contributed by atoms with van der Waals surface area (Å²) in [5.41, 5.74) is 6.51. The molecule has 84 valence electrons. The lowest BCUT2D eigenvalue weighted by Crippen LogP contribution is -2.05. The lowest BCUT2D eigenvalue weighted by molar-refractivity contribution is 0.666. The largest absolute Gasteiger partial charge is 0.332 e. The van der Waals surface area contributed by atoms with Crippen LogP contribution in [0.15, 0.2) is 30.6 Å². The first-order valence-corrected chi connectivity index (χ1v) is 4.52. The maximum Gasteiger partial charge on any atom is 0.139 e. The van der Waals surface area contributed by atoms with Crippen LogP contribution in [0.1, 0.15) is 6.42 Å². The Hall–Kier alpha value is -0.770. The van der Waals surface area contributed by atoms with Crippen LogP contribution in [0.4, 0.5) is 0 Å². The summed E-state index contributed by atoms with van der Waals surface area (Å²) in [6, 6.07) is 6.11. The van der Waals surface area contributed by atoms with Gasteiger partial charge in [-0.05, 0) is 31.2 Å². The van der Waals surface area contributed by atoms with Gasteiger partial charge in [-0.1, -0.05) is 0 Å². The van der Waals surface area contributed by atoms with Crippen molar-refractivity contribution in [3.05, 3.63) is 30.6 Å². The minimum absolute atomic E-state index is 0. The fraction of sp³-hybridized carbons (Fsp3) is 0.300. The second kappa shape index (κ2) is 6.67. The number of nitrogens with two attached hydrogens (primary N) is 1. The normalized spacial score (nSPS) is 9.40. The van der Waals surface area contributed by atoms with Crippen LogP contribution in [-0.4, -0.2) is 16.1 Å². The minimum Gasteiger partial charge on any atom is -0.332 e. The molecular weight excluding hydrogens is 233 g/mol. The van der Waals surface area contributed by atoms with E-state index in [2.05, 4.69) is 27.9 Å². The van der Waals surface area contributed by atoms with Gasteiger partial charge < -0.3 is 10.3 Å². The number of rotatable bonds is 3. The van der Waals surface area contributed by atoms with Gasteiger partial charge in [0.25, 0.3) is 0 Å². The van der Waals surface area contributed by atoms with E-state index in [1.165, 1.54) is 5.39 Å². The summed E-state index contributed by atoms with van der Waals surface area (Å²) in [5, 5.41) is 1.19. The highest BCUT2D eigenvalue weighted by Gasteiger charge is 1.99. The summed E-state index contributed by atoms with van der Waals surface area (Å²) < 4.78 is 2.14. The van der Waals surface area contributed by atoms with Crippen LogP contribution in [0, 0.1) is 0 Å². The molecule has 0 radical (unpaired) electrons. The summed E-state index contributed by atoms with van der Waals surface area (Å²) in [7, 11) is 0. The second-order valence-electron chi connectivity index (χ2n) is 3.07. The van der Waals surface area contributed by atoms with Crippen molar-refractivity contribution < 1.29 is 0 Å². The molecule has 15 heavy (non-hydrogen) atoms. The Labute approximate surface area is 101 Å². The number of hydrogen-bond donors (Lipinski definition) is 1. The van der Waals surface area contributed by atoms with Gasteiger partial charge in [0.15, 0.2) is 0 Å². The molecule has 5 heteroatoms. The molecule has 0 bridgehead atoms. The van der Waals surface area contributed by atoms with Gasteiger partial charge in [0.2, 0.25) is 0 Å². The molecule has 0 saturated carbocycles. The molecule has 2 rings (SSSR count). The van der Waals surface area contributed by atoms with Gasteiger partial charge in [0.05, 0.1) is 0 Å². The Balaban J connectivity index is 0.000000980. The number of fused-ring (bicyclic) bond motifs is 1. The fourth-order valence-corrected chi connectivity index (χ4v) is 1.46. The van der Waals surface area contributed by atoms with E-state index in [1.54, 1.807) is 0 Å². The van der Waals surface area contributed by atoms with Crippen molar-refractivity contribution in [2.75, 3.05) is 6.54 Å². The number of pyridine rings is 1. The lowest BCUT2D eigenvalue weighted by Gasteiger charge is -2.01. The van der Waals surface area contributed by atoms with Crippen molar-refractivity contribution in [2.45, 2.75) is 13.0 Å². The molecule has 0 aliphatic heterocycles. The van der Waals surface area contributed by atoms with Crippen LogP contribution >= 0.6 is 24.8 Å². The van der Waals surface area contributed by atoms with Crippen molar-refractivity contribution in [1.29, 1.82) is 0 Å². The maximum absolute atomic E-state index is 5.46. The van der Waals surface area contributed by atoms with Gasteiger partial charge in [-0.3, -0.25) is 0 Å². The molecule has 2 heterocycles. The Kier molecular flexibility index (Phi) is 6.32. The number of nitrogens with zero attached hydrogens (tertiary/aromatic N) is 2. The van der Waals surface area contributed by atoms with Gasteiger partial charge in [-0.15, -0.1) is 24.8 Å². The van der Waals surface area contributed by atoms with E-state index in [4.69, 9.17) is 5.73 Å². The molecule has 2 aromatic heterocycles. The minimum atomic E-state index is 0. The van der Waals surface area contributed by atoms with Crippen molar-refractivity contribution in [3.63, 3.8) is 0 Å². The Morgan fingerprint density at radius 1 is 1.27 bits per heavy atom. The third-order valence-corrected chi connectivity index (χ3v) is 2.13. The van der Waals surface area contributed by atoms with E-state index in [0.29, 0.717) is 0 Å². The van der Waals surface area contributed by atoms with Crippen LogP contribution in [0.2, 0.25) is 0 Å². The lowest BCUT2D eigenvalue weighted by atomic mass is 10.3. The SMILES string of the molecule is Cl.Cl.NCCCn1ccc2cccnc21. The Morgan fingerprint density at radius 3 is 2.80 bits per heavy atom. The van der Waals surface area contributed by atoms with Crippen LogP contribution in [0.25, 0.3) is 11.0 Å². The van der Waals surface area contributed by atoms with Crippen molar-refractivity contribution >= 4 is 35.8 Å². The molecular formula is C10H15Cl2N3. The number of aromatic nitrogens is 2. The highest BCUT2D eigenvalue weighted by Crippen LogP contribution is 2.12. The first kappa shape index (κ1) is 14.2. The van der Waals surface area contributed by atoms with E-state index < -0.39 is 0 Å². The first-order chi connectivity index (χ1) is 6.42. The van der Waals surface area contributed by atoms with E-state index in [-0.39, 0.29) is 24.8 Å². The fourth-order valence-electron chi connectivity index (χ4n) is 1.46. The van der Waals surface area contributed by atoms with Crippen LogP contribution in [0.3, 0.4) is 0 Å². The molecule has 0 unspecified atom stereocenters. The summed E-state index contributed by atoms with van der Waals surface area (Å²) >= 11 is 0. The van der Waals surface area contributed by atoms with Gasteiger partial charge in [-0.25, -0.2) is 4.98 Å². The predicted molar refractivity (Wildman–Crippen MR) is 67.9 cm³/mol. The van der Waals surface area contributed by atoms with Crippen LogP contribution < -0.4 is 5.73 Å². The number of aryl methyl sites for hydroxylation is 1. The molecule has 0 aliphatic rings. The smallest absolute Gasteiger partial charge is 0.139 e. The molecule has 0 aromatic carbocycles. The number of hydrogen-bond acceptors (Lipinski definition) is 2. The zero-order valence-corrected chi connectivity index (χ0v) is 9.93. The monoisotopic (exact) mass is 247 g/mol. The third kappa shape index (κ3) is 3.09. The Morgan fingerprint density at radius 2 is 2.07 bits per heavy atom. The van der Waals surface area contributed by atoms with Crippen molar-refractivity contribution in [3.8, 4) is 0 Å². The van der Waals surface area contributed by atoms with E-state index in [1.807, 2.05) is 12.3 Å². The first-order valence-electron chi connectivity index (χ1n) is 4.52. The van der Waals surface area contributed by atoms with Gasteiger partial charge in [-0.2, -0.15) is 0 Å². The highest BCUT2D eigenvalue weighted by molar-refractivity contribution is 5.85. The van der Waals surface area contributed by atoms with Crippen molar-refractivity contribution in [1.82, 2.24) is 9.55 Å². The van der Waals surface area contributed by atoms with E-state index in [9.17, 15) is 0 Å². The molecule has 2 aromatic rings. The average Bonchev–Trinajstić information content (AvgIpc) is 2.58. The van der Waals surface area contributed by atoms with Gasteiger partial charge in [0.1, 0.15) is 5.65 Å². The molecule has 0 aliphatic carbocycles. The molecule has 2 N–H and O–H groups in total. The summed E-state index contributed by atoms with van der Waals surface area (Å²) in [6.45, 7) is 1.68. The summed E-state index contributed by atoms with van der Waals surface area (Å²) in [4.78, 5) is 4.32. The second-order valence-corrected chi connectivity index (χ2v) is 3.07. The Bertz CT molecular complexity index is 400. The zero-order valence-electron chi connectivity index (χ0n) is 8.30. The zero-order chi connectivity index (χ0) is 9.10. The van der Waals surface area contributed by atoms with E-state index >= 15 is 0 Å². The predicted octanol–water partition coefficient (Wildman–Crippen LogP) is 2.23. The molecule has 3 nitrogen and oxygen atoms in total. The van der Waals surface area contributed by atoms with Crippen LogP contribution in [0.5, 0.6) is 0 Å². The average molecular weight is 248 g/mol. The quantitative estimate of drug-likeness (QED) is 0.905. The number of halogens is 2. The van der Waals surface area contributed by atoms with Gasteiger partial charge >= 0.3 is 0 Å². The third-order valence-electron chi connectivity index (χ3n) is 2.13. The molecule has 0 fully saturated rings. The highest BCUT2D eigenvalue weighted by atomic mass is 35.5. The molecule has 0 saturated heterocycles. The molecule has 0 amide bonds. The topological polar surface area (TPSA) is 43.8 Å². The standard InChI is InChI=1S/C10H13N3.2ClH/c11-5-2-7-13-8-4-9-3-1-6-12-10(9)13;;/h1,3-4,6,8H,2,5,7,11H2;2*1H. The molecule has 0 atom stereocenters. The summed E-state index contributed by atoms with van der Waals surface area (Å²) in [5.74, 6) is 0. The van der Waals surface area contributed by atoms with E-state index in [0.717, 1.165) is 25.2 Å². The summed E-state index contributed by atoms with van der Waals surface area (Å²) in [6.07, 6.45) is 4.88.